The van der Waals surface area contributed by atoms with Crippen LogP contribution < -0.4 is 5.43 Å². The van der Waals surface area contributed by atoms with Gasteiger partial charge in [0.15, 0.2) is 0 Å². The van der Waals surface area contributed by atoms with Gasteiger partial charge in [-0.05, 0) is 14.0 Å². The van der Waals surface area contributed by atoms with Gasteiger partial charge in [-0.25, -0.2) is 5.01 Å². The Kier molecular flexibility index (Phi) is 4.31. The molecule has 1 heterocycles. The molecule has 0 aromatic rings. The highest BCUT2D eigenvalue weighted by atomic mass is 16.5. The molecule has 5 heteroatoms. The molecule has 1 fully saturated rings. The van der Waals surface area contributed by atoms with Gasteiger partial charge in [0, 0.05) is 33.3 Å². The van der Waals surface area contributed by atoms with Gasteiger partial charge in [-0.2, -0.15) is 0 Å². The Morgan fingerprint density at radius 1 is 1.36 bits per heavy atom. The minimum atomic E-state index is -0.380. The minimum Gasteiger partial charge on any atom is -0.372 e. The summed E-state index contributed by atoms with van der Waals surface area (Å²) in [5.74, 6) is -0.0722. The summed E-state index contributed by atoms with van der Waals surface area (Å²) >= 11 is 0. The number of piperazine rings is 1. The first-order valence-electron chi connectivity index (χ1n) is 4.90. The Bertz CT molecular complexity index is 190. The van der Waals surface area contributed by atoms with Crippen molar-refractivity contribution >= 4 is 5.91 Å². The molecule has 1 atom stereocenters. The van der Waals surface area contributed by atoms with E-state index in [1.54, 1.807) is 6.92 Å². The van der Waals surface area contributed by atoms with Crippen LogP contribution in [0.2, 0.25) is 0 Å². The van der Waals surface area contributed by atoms with Crippen molar-refractivity contribution in [2.75, 3.05) is 40.3 Å². The van der Waals surface area contributed by atoms with E-state index in [9.17, 15) is 4.79 Å². The molecule has 1 aliphatic heterocycles. The van der Waals surface area contributed by atoms with E-state index in [2.05, 4.69) is 17.4 Å². The fourth-order valence-electron chi connectivity index (χ4n) is 1.27. The van der Waals surface area contributed by atoms with Gasteiger partial charge < -0.3 is 9.64 Å². The molecule has 1 saturated heterocycles. The van der Waals surface area contributed by atoms with E-state index in [0.29, 0.717) is 0 Å². The Morgan fingerprint density at radius 3 is 2.43 bits per heavy atom. The van der Waals surface area contributed by atoms with Gasteiger partial charge in [0.05, 0.1) is 0 Å². The molecule has 5 nitrogen and oxygen atoms in total. The smallest absolute Gasteiger partial charge is 0.263 e. The molecule has 1 rings (SSSR count). The summed E-state index contributed by atoms with van der Waals surface area (Å²) in [5, 5.41) is 1.94. The lowest BCUT2D eigenvalue weighted by molar-refractivity contribution is -0.135. The Hall–Kier alpha value is -0.650. The molecule has 0 spiro atoms. The maximum Gasteiger partial charge on any atom is 0.263 e. The van der Waals surface area contributed by atoms with Crippen molar-refractivity contribution in [3.05, 3.63) is 0 Å². The van der Waals surface area contributed by atoms with Crippen LogP contribution in [0.4, 0.5) is 0 Å². The lowest BCUT2D eigenvalue weighted by Crippen LogP contribution is -2.54. The van der Waals surface area contributed by atoms with Crippen LogP contribution in [0, 0.1) is 0 Å². The molecule has 0 aliphatic carbocycles. The molecule has 0 saturated carbocycles. The van der Waals surface area contributed by atoms with Crippen LogP contribution >= 0.6 is 0 Å². The summed E-state index contributed by atoms with van der Waals surface area (Å²) in [7, 11) is 3.62. The second-order valence-corrected chi connectivity index (χ2v) is 3.64. The first kappa shape index (κ1) is 11.4. The highest BCUT2D eigenvalue weighted by Crippen LogP contribution is 1.96. The van der Waals surface area contributed by atoms with E-state index in [4.69, 9.17) is 4.74 Å². The third-order valence-electron chi connectivity index (χ3n) is 2.49. The van der Waals surface area contributed by atoms with Crippen molar-refractivity contribution in [1.82, 2.24) is 15.3 Å². The Balaban J connectivity index is 2.27. The standard InChI is InChI=1S/C9H19N3O2/c1-8(14-3)9(13)10-12-6-4-11(2)5-7-12/h8H,4-7H2,1-3H3,(H,10,13). The van der Waals surface area contributed by atoms with Gasteiger partial charge in [-0.15, -0.1) is 0 Å². The van der Waals surface area contributed by atoms with Gasteiger partial charge in [0.1, 0.15) is 6.10 Å². The summed E-state index contributed by atoms with van der Waals surface area (Å²) < 4.78 is 4.93. The number of methoxy groups -OCH3 is 1. The van der Waals surface area contributed by atoms with Crippen LogP contribution in [0.5, 0.6) is 0 Å². The predicted molar refractivity (Wildman–Crippen MR) is 53.7 cm³/mol. The third kappa shape index (κ3) is 3.25. The summed E-state index contributed by atoms with van der Waals surface area (Å²) in [6, 6.07) is 0. The van der Waals surface area contributed by atoms with Gasteiger partial charge in [-0.1, -0.05) is 0 Å². The molecule has 14 heavy (non-hydrogen) atoms. The van der Waals surface area contributed by atoms with E-state index in [0.717, 1.165) is 26.2 Å². The molecule has 0 aromatic heterocycles. The zero-order valence-electron chi connectivity index (χ0n) is 9.12. The number of likely N-dealkylation sites (N-methyl/N-ethyl adjacent to an activating group) is 1. The molecule has 1 unspecified atom stereocenters. The molecule has 82 valence electrons. The molecule has 0 radical (unpaired) electrons. The normalized spacial score (nSPS) is 21.9. The lowest BCUT2D eigenvalue weighted by atomic mass is 10.3. The Morgan fingerprint density at radius 2 is 1.93 bits per heavy atom. The van der Waals surface area contributed by atoms with E-state index in [1.165, 1.54) is 7.11 Å². The second-order valence-electron chi connectivity index (χ2n) is 3.64. The summed E-state index contributed by atoms with van der Waals surface area (Å²) in [5.41, 5.74) is 2.83. The fourth-order valence-corrected chi connectivity index (χ4v) is 1.27. The number of hydrazine groups is 1. The lowest BCUT2D eigenvalue weighted by Gasteiger charge is -2.32. The minimum absolute atomic E-state index is 0.0722. The van der Waals surface area contributed by atoms with Crippen LogP contribution in [-0.4, -0.2) is 62.3 Å². The SMILES string of the molecule is COC(C)C(=O)NN1CCN(C)CC1. The van der Waals surface area contributed by atoms with Gasteiger partial charge in [0.25, 0.3) is 5.91 Å². The van der Waals surface area contributed by atoms with Crippen LogP contribution in [-0.2, 0) is 9.53 Å². The topological polar surface area (TPSA) is 44.8 Å². The molecular formula is C9H19N3O2. The number of rotatable bonds is 3. The molecule has 0 bridgehead atoms. The predicted octanol–water partition coefficient (Wildman–Crippen LogP) is -0.700. The van der Waals surface area contributed by atoms with Crippen molar-refractivity contribution in [2.24, 2.45) is 0 Å². The highest BCUT2D eigenvalue weighted by molar-refractivity contribution is 5.79. The number of hydrogen-bond acceptors (Lipinski definition) is 4. The van der Waals surface area contributed by atoms with Crippen LogP contribution in [0.15, 0.2) is 0 Å². The summed E-state index contributed by atoms with van der Waals surface area (Å²) in [6.07, 6.45) is -0.380. The van der Waals surface area contributed by atoms with E-state index < -0.39 is 0 Å². The average molecular weight is 201 g/mol. The number of nitrogens with one attached hydrogen (secondary N) is 1. The largest absolute Gasteiger partial charge is 0.372 e. The number of hydrogen-bond donors (Lipinski definition) is 1. The zero-order chi connectivity index (χ0) is 10.6. The average Bonchev–Trinajstić information content (AvgIpc) is 2.20. The molecular weight excluding hydrogens is 182 g/mol. The molecule has 0 aromatic carbocycles. The quantitative estimate of drug-likeness (QED) is 0.656. The van der Waals surface area contributed by atoms with Gasteiger partial charge in [-0.3, -0.25) is 10.2 Å². The van der Waals surface area contributed by atoms with Crippen molar-refractivity contribution in [3.8, 4) is 0 Å². The first-order valence-corrected chi connectivity index (χ1v) is 4.90. The summed E-state index contributed by atoms with van der Waals surface area (Å²) in [4.78, 5) is 13.7. The number of carbonyl (C=O) groups excluding carboxylic acids is 1. The van der Waals surface area contributed by atoms with E-state index in [-0.39, 0.29) is 12.0 Å². The molecule has 1 aliphatic rings. The van der Waals surface area contributed by atoms with Crippen molar-refractivity contribution in [1.29, 1.82) is 0 Å². The third-order valence-corrected chi connectivity index (χ3v) is 2.49. The second kappa shape index (κ2) is 5.29. The number of nitrogens with zero attached hydrogens (tertiary/aromatic N) is 2. The zero-order valence-corrected chi connectivity index (χ0v) is 9.12. The fraction of sp³-hybridized carbons (Fsp3) is 0.889. The van der Waals surface area contributed by atoms with E-state index in [1.807, 2.05) is 5.01 Å². The van der Waals surface area contributed by atoms with Crippen molar-refractivity contribution < 1.29 is 9.53 Å². The van der Waals surface area contributed by atoms with Crippen molar-refractivity contribution in [3.63, 3.8) is 0 Å². The monoisotopic (exact) mass is 201 g/mol. The molecule has 1 N–H and O–H groups in total. The van der Waals surface area contributed by atoms with Crippen LogP contribution in [0.1, 0.15) is 6.92 Å². The highest BCUT2D eigenvalue weighted by Gasteiger charge is 2.18. The van der Waals surface area contributed by atoms with Crippen LogP contribution in [0.25, 0.3) is 0 Å². The first-order chi connectivity index (χ1) is 6.63. The molecule has 1 amide bonds. The number of ether oxygens (including phenoxy) is 1. The van der Waals surface area contributed by atoms with Gasteiger partial charge >= 0.3 is 0 Å². The van der Waals surface area contributed by atoms with Crippen LogP contribution in [0.3, 0.4) is 0 Å². The van der Waals surface area contributed by atoms with E-state index >= 15 is 0 Å². The van der Waals surface area contributed by atoms with Crippen molar-refractivity contribution in [2.45, 2.75) is 13.0 Å². The number of carbonyl (C=O) groups is 1. The Labute approximate surface area is 85.0 Å². The summed E-state index contributed by atoms with van der Waals surface area (Å²) in [6.45, 7) is 5.46. The van der Waals surface area contributed by atoms with Gasteiger partial charge in [0.2, 0.25) is 0 Å². The number of amides is 1. The maximum absolute atomic E-state index is 11.4. The maximum atomic E-state index is 11.4.